The second-order valence-corrected chi connectivity index (χ2v) is 7.74. The zero-order valence-electron chi connectivity index (χ0n) is 16.3. The minimum absolute atomic E-state index is 0.0552. The van der Waals surface area contributed by atoms with Gasteiger partial charge in [-0.1, -0.05) is 43.7 Å². The molecule has 0 bridgehead atoms. The van der Waals surface area contributed by atoms with Crippen LogP contribution < -0.4 is 10.2 Å². The number of esters is 1. The topological polar surface area (TPSA) is 67.8 Å². The van der Waals surface area contributed by atoms with Gasteiger partial charge in [0.1, 0.15) is 5.75 Å². The fourth-order valence-corrected chi connectivity index (χ4v) is 3.55. The summed E-state index contributed by atoms with van der Waals surface area (Å²) in [6, 6.07) is 13.4. The quantitative estimate of drug-likeness (QED) is 0.287. The Kier molecular flexibility index (Phi) is 7.82. The normalized spacial score (nSPS) is 14.7. The van der Waals surface area contributed by atoms with E-state index in [-0.39, 0.29) is 5.91 Å². The van der Waals surface area contributed by atoms with Crippen molar-refractivity contribution < 1.29 is 14.3 Å². The number of nitrogens with zero attached hydrogens (tertiary/aromatic N) is 1. The third-order valence-electron chi connectivity index (χ3n) is 5.08. The maximum atomic E-state index is 12.1. The van der Waals surface area contributed by atoms with Crippen molar-refractivity contribution in [3.8, 4) is 5.75 Å². The van der Waals surface area contributed by atoms with Crippen LogP contribution in [0.1, 0.15) is 60.9 Å². The molecule has 1 aliphatic rings. The first-order valence-electron chi connectivity index (χ1n) is 10.00. The van der Waals surface area contributed by atoms with Gasteiger partial charge in [-0.15, -0.1) is 0 Å². The Morgan fingerprint density at radius 1 is 1.03 bits per heavy atom. The minimum atomic E-state index is -0.451. The highest BCUT2D eigenvalue weighted by atomic mass is 35.5. The van der Waals surface area contributed by atoms with Crippen molar-refractivity contribution in [3.05, 3.63) is 64.7 Å². The van der Waals surface area contributed by atoms with Gasteiger partial charge in [0, 0.05) is 11.4 Å². The molecule has 0 atom stereocenters. The van der Waals surface area contributed by atoms with Crippen molar-refractivity contribution in [3.63, 3.8) is 0 Å². The van der Waals surface area contributed by atoms with E-state index < -0.39 is 5.97 Å². The number of hydrazone groups is 1. The van der Waals surface area contributed by atoms with Crippen molar-refractivity contribution in [1.82, 2.24) is 5.43 Å². The fourth-order valence-electron chi connectivity index (χ4n) is 3.42. The Labute approximate surface area is 176 Å². The maximum absolute atomic E-state index is 12.1. The predicted molar refractivity (Wildman–Crippen MR) is 114 cm³/mol. The molecule has 0 spiro atoms. The molecule has 1 saturated carbocycles. The molecule has 0 aliphatic heterocycles. The summed E-state index contributed by atoms with van der Waals surface area (Å²) in [6.45, 7) is 0. The predicted octanol–water partition coefficient (Wildman–Crippen LogP) is 5.37. The van der Waals surface area contributed by atoms with Crippen LogP contribution in [0.5, 0.6) is 5.75 Å². The number of carbonyl (C=O) groups excluding carboxylic acids is 2. The van der Waals surface area contributed by atoms with E-state index in [0.29, 0.717) is 28.7 Å². The first-order valence-corrected chi connectivity index (χ1v) is 10.4. The van der Waals surface area contributed by atoms with E-state index in [1.165, 1.54) is 32.1 Å². The summed E-state index contributed by atoms with van der Waals surface area (Å²) in [4.78, 5) is 24.0. The van der Waals surface area contributed by atoms with Crippen LogP contribution in [0.2, 0.25) is 5.02 Å². The van der Waals surface area contributed by atoms with Gasteiger partial charge in [0.05, 0.1) is 11.8 Å². The molecule has 2 aromatic carbocycles. The Bertz CT molecular complexity index is 841. The van der Waals surface area contributed by atoms with Crippen molar-refractivity contribution in [1.29, 1.82) is 0 Å². The molecule has 0 unspecified atom stereocenters. The molecule has 0 aromatic heterocycles. The first kappa shape index (κ1) is 21.1. The highest BCUT2D eigenvalue weighted by Gasteiger charge is 2.14. The van der Waals surface area contributed by atoms with E-state index >= 15 is 0 Å². The van der Waals surface area contributed by atoms with Crippen LogP contribution >= 0.6 is 11.6 Å². The van der Waals surface area contributed by atoms with Gasteiger partial charge in [0.2, 0.25) is 5.91 Å². The van der Waals surface area contributed by atoms with E-state index in [9.17, 15) is 9.59 Å². The lowest BCUT2D eigenvalue weighted by Gasteiger charge is -2.20. The van der Waals surface area contributed by atoms with Crippen molar-refractivity contribution in [2.45, 2.75) is 44.9 Å². The van der Waals surface area contributed by atoms with Crippen LogP contribution in [-0.2, 0) is 4.79 Å². The number of rotatable bonds is 7. The Morgan fingerprint density at radius 3 is 2.41 bits per heavy atom. The number of benzene rings is 2. The maximum Gasteiger partial charge on any atom is 0.343 e. The molecule has 1 aliphatic carbocycles. The molecule has 1 N–H and O–H groups in total. The third-order valence-corrected chi connectivity index (χ3v) is 5.33. The average Bonchev–Trinajstić information content (AvgIpc) is 2.75. The molecule has 0 saturated heterocycles. The lowest BCUT2D eigenvalue weighted by Crippen LogP contribution is -2.19. The summed E-state index contributed by atoms with van der Waals surface area (Å²) in [5.41, 5.74) is 3.80. The Morgan fingerprint density at radius 2 is 1.72 bits per heavy atom. The lowest BCUT2D eigenvalue weighted by atomic mass is 9.86. The Balaban J connectivity index is 1.42. The van der Waals surface area contributed by atoms with Crippen molar-refractivity contribution >= 4 is 29.7 Å². The number of amides is 1. The largest absolute Gasteiger partial charge is 0.423 e. The van der Waals surface area contributed by atoms with Gasteiger partial charge >= 0.3 is 5.97 Å². The number of ether oxygens (including phenoxy) is 1. The van der Waals surface area contributed by atoms with Gasteiger partial charge in [-0.2, -0.15) is 5.10 Å². The molecule has 0 radical (unpaired) electrons. The fraction of sp³-hybridized carbons (Fsp3) is 0.348. The third kappa shape index (κ3) is 7.02. The second kappa shape index (κ2) is 10.8. The van der Waals surface area contributed by atoms with Gasteiger partial charge in [-0.05, 0) is 66.4 Å². The smallest absolute Gasteiger partial charge is 0.343 e. The molecule has 0 heterocycles. The molecular weight excluding hydrogens is 388 g/mol. The summed E-state index contributed by atoms with van der Waals surface area (Å²) >= 11 is 5.82. The van der Waals surface area contributed by atoms with E-state index in [1.54, 1.807) is 54.7 Å². The second-order valence-electron chi connectivity index (χ2n) is 7.30. The van der Waals surface area contributed by atoms with Crippen LogP contribution in [0, 0.1) is 5.92 Å². The number of halogens is 1. The van der Waals surface area contributed by atoms with Gasteiger partial charge in [0.25, 0.3) is 0 Å². The van der Waals surface area contributed by atoms with Crippen LogP contribution in [-0.4, -0.2) is 18.1 Å². The van der Waals surface area contributed by atoms with Crippen LogP contribution in [0.15, 0.2) is 53.6 Å². The van der Waals surface area contributed by atoms with Gasteiger partial charge in [0.15, 0.2) is 0 Å². The molecule has 1 amide bonds. The number of nitrogens with one attached hydrogen (secondary N) is 1. The standard InChI is InChI=1S/C23H25ClN2O3/c24-20-11-9-19(10-12-20)23(28)29-21-13-6-18(7-14-21)16-25-26-22(27)15-8-17-4-2-1-3-5-17/h6-7,9-14,16-17H,1-5,8,15H2,(H,26,27). The molecular formula is C23H25ClN2O3. The van der Waals surface area contributed by atoms with Crippen LogP contribution in [0.25, 0.3) is 0 Å². The van der Waals surface area contributed by atoms with Gasteiger partial charge in [-0.25, -0.2) is 10.2 Å². The highest BCUT2D eigenvalue weighted by Crippen LogP contribution is 2.27. The zero-order valence-corrected chi connectivity index (χ0v) is 17.0. The van der Waals surface area contributed by atoms with Gasteiger partial charge < -0.3 is 4.74 Å². The number of hydrogen-bond donors (Lipinski definition) is 1. The Hall–Kier alpha value is -2.66. The van der Waals surface area contributed by atoms with E-state index in [2.05, 4.69) is 10.5 Å². The van der Waals surface area contributed by atoms with Crippen LogP contribution in [0.3, 0.4) is 0 Å². The van der Waals surface area contributed by atoms with Crippen LogP contribution in [0.4, 0.5) is 0 Å². The lowest BCUT2D eigenvalue weighted by molar-refractivity contribution is -0.121. The van der Waals surface area contributed by atoms with E-state index in [4.69, 9.17) is 16.3 Å². The molecule has 2 aromatic rings. The minimum Gasteiger partial charge on any atom is -0.423 e. The molecule has 29 heavy (non-hydrogen) atoms. The summed E-state index contributed by atoms with van der Waals surface area (Å²) in [7, 11) is 0. The van der Waals surface area contributed by atoms with Gasteiger partial charge in [-0.3, -0.25) is 4.79 Å². The average molecular weight is 413 g/mol. The SMILES string of the molecule is O=C(CCC1CCCCC1)NN=Cc1ccc(OC(=O)c2ccc(Cl)cc2)cc1. The number of hydrogen-bond acceptors (Lipinski definition) is 4. The number of carbonyl (C=O) groups is 2. The first-order chi connectivity index (χ1) is 14.1. The molecule has 1 fully saturated rings. The highest BCUT2D eigenvalue weighted by molar-refractivity contribution is 6.30. The van der Waals surface area contributed by atoms with E-state index in [1.807, 2.05) is 0 Å². The molecule has 3 rings (SSSR count). The molecule has 5 nitrogen and oxygen atoms in total. The summed E-state index contributed by atoms with van der Waals surface area (Å²) in [5.74, 6) is 0.605. The summed E-state index contributed by atoms with van der Waals surface area (Å²) in [6.07, 6.45) is 9.41. The van der Waals surface area contributed by atoms with E-state index in [0.717, 1.165) is 12.0 Å². The summed E-state index contributed by atoms with van der Waals surface area (Å²) in [5, 5.41) is 4.57. The molecule has 152 valence electrons. The van der Waals surface area contributed by atoms with Crippen molar-refractivity contribution in [2.24, 2.45) is 11.0 Å². The monoisotopic (exact) mass is 412 g/mol. The zero-order chi connectivity index (χ0) is 20.5. The van der Waals surface area contributed by atoms with Crippen molar-refractivity contribution in [2.75, 3.05) is 0 Å². The molecule has 6 heteroatoms. The summed E-state index contributed by atoms with van der Waals surface area (Å²) < 4.78 is 5.33.